The fourth-order valence-corrected chi connectivity index (χ4v) is 1.51. The lowest BCUT2D eigenvalue weighted by Crippen LogP contribution is -2.32. The van der Waals surface area contributed by atoms with Gasteiger partial charge in [0.25, 0.3) is 0 Å². The van der Waals surface area contributed by atoms with Crippen LogP contribution in [0.2, 0.25) is 0 Å². The smallest absolute Gasteiger partial charge is 0.323 e. The highest BCUT2D eigenvalue weighted by molar-refractivity contribution is 5.98. The molecule has 0 radical (unpaired) electrons. The molecule has 1 N–H and O–H groups in total. The Balaban J connectivity index is 2.43. The fourth-order valence-electron chi connectivity index (χ4n) is 1.51. The number of Topliss-reactive ketones (excluding diaryl/α,β-unsaturated/α-hetero) is 1. The first-order valence-electron chi connectivity index (χ1n) is 5.51. The summed E-state index contributed by atoms with van der Waals surface area (Å²) in [7, 11) is 3.21. The highest BCUT2D eigenvalue weighted by Crippen LogP contribution is 2.06. The molecule has 0 fully saturated rings. The summed E-state index contributed by atoms with van der Waals surface area (Å²) in [6.45, 7) is -0.349. The van der Waals surface area contributed by atoms with E-state index < -0.39 is 5.97 Å². The molecule has 0 atom stereocenters. The van der Waals surface area contributed by atoms with E-state index in [4.69, 9.17) is 5.11 Å². The molecule has 0 saturated heterocycles. The summed E-state index contributed by atoms with van der Waals surface area (Å²) in [5, 5.41) is 8.53. The molecule has 0 aromatic carbocycles. The number of amides is 1. The highest BCUT2D eigenvalue weighted by Gasteiger charge is 2.14. The van der Waals surface area contributed by atoms with Crippen LogP contribution in [0.4, 0.5) is 0 Å². The van der Waals surface area contributed by atoms with Crippen molar-refractivity contribution in [2.75, 3.05) is 13.6 Å². The van der Waals surface area contributed by atoms with Crippen molar-refractivity contribution in [2.45, 2.75) is 12.8 Å². The van der Waals surface area contributed by atoms with Crippen molar-refractivity contribution in [1.82, 2.24) is 9.47 Å². The van der Waals surface area contributed by atoms with Crippen molar-refractivity contribution < 1.29 is 19.5 Å². The second kappa shape index (κ2) is 6.00. The van der Waals surface area contributed by atoms with Crippen LogP contribution >= 0.6 is 0 Å². The topological polar surface area (TPSA) is 79.6 Å². The van der Waals surface area contributed by atoms with Gasteiger partial charge in [-0.1, -0.05) is 0 Å². The highest BCUT2D eigenvalue weighted by atomic mass is 16.4. The summed E-state index contributed by atoms with van der Waals surface area (Å²) in [6.07, 6.45) is 3.56. The number of carbonyl (C=O) groups excluding carboxylic acids is 2. The zero-order chi connectivity index (χ0) is 13.7. The average Bonchev–Trinajstić information content (AvgIpc) is 2.71. The molecule has 6 heteroatoms. The zero-order valence-corrected chi connectivity index (χ0v) is 10.4. The number of hydrogen-bond donors (Lipinski definition) is 1. The van der Waals surface area contributed by atoms with E-state index in [0.29, 0.717) is 5.56 Å². The van der Waals surface area contributed by atoms with Crippen molar-refractivity contribution in [1.29, 1.82) is 0 Å². The van der Waals surface area contributed by atoms with Gasteiger partial charge in [0.15, 0.2) is 5.78 Å². The zero-order valence-electron chi connectivity index (χ0n) is 10.4. The number of ketones is 1. The maximum Gasteiger partial charge on any atom is 0.323 e. The van der Waals surface area contributed by atoms with Crippen molar-refractivity contribution >= 4 is 17.7 Å². The second-order valence-corrected chi connectivity index (χ2v) is 4.13. The molecule has 98 valence electrons. The summed E-state index contributed by atoms with van der Waals surface area (Å²) in [5.74, 6) is -1.53. The first-order valence-corrected chi connectivity index (χ1v) is 5.51. The van der Waals surface area contributed by atoms with Crippen molar-refractivity contribution in [2.24, 2.45) is 7.05 Å². The van der Waals surface area contributed by atoms with E-state index in [-0.39, 0.29) is 31.1 Å². The molecule has 18 heavy (non-hydrogen) atoms. The summed E-state index contributed by atoms with van der Waals surface area (Å²) in [6, 6.07) is 1.69. The summed E-state index contributed by atoms with van der Waals surface area (Å²) < 4.78 is 1.76. The minimum Gasteiger partial charge on any atom is -0.480 e. The van der Waals surface area contributed by atoms with Crippen molar-refractivity contribution in [3.05, 3.63) is 24.0 Å². The minimum atomic E-state index is -1.07. The molecule has 1 heterocycles. The third-order valence-corrected chi connectivity index (χ3v) is 2.52. The van der Waals surface area contributed by atoms with Gasteiger partial charge in [-0.15, -0.1) is 0 Å². The van der Waals surface area contributed by atoms with E-state index in [1.54, 1.807) is 23.0 Å². The molecule has 0 spiro atoms. The van der Waals surface area contributed by atoms with E-state index in [9.17, 15) is 14.4 Å². The number of hydrogen-bond acceptors (Lipinski definition) is 3. The van der Waals surface area contributed by atoms with E-state index in [0.717, 1.165) is 4.90 Å². The molecule has 0 aliphatic carbocycles. The van der Waals surface area contributed by atoms with Crippen LogP contribution in [0.3, 0.4) is 0 Å². The molecule has 1 amide bonds. The van der Waals surface area contributed by atoms with Crippen LogP contribution in [0.5, 0.6) is 0 Å². The van der Waals surface area contributed by atoms with Gasteiger partial charge < -0.3 is 14.6 Å². The van der Waals surface area contributed by atoms with Gasteiger partial charge in [-0.2, -0.15) is 0 Å². The fraction of sp³-hybridized carbons (Fsp3) is 0.417. The lowest BCUT2D eigenvalue weighted by Gasteiger charge is -2.13. The normalized spacial score (nSPS) is 10.1. The van der Waals surface area contributed by atoms with Crippen LogP contribution < -0.4 is 0 Å². The van der Waals surface area contributed by atoms with Gasteiger partial charge in [0, 0.05) is 44.9 Å². The van der Waals surface area contributed by atoms with Gasteiger partial charge in [0.05, 0.1) is 0 Å². The molecule has 1 aromatic rings. The standard InChI is InChI=1S/C12H16N2O4/c1-13-6-5-9(7-13)10(15)3-4-11(16)14(2)8-12(17)18/h5-7H,3-4,8H2,1-2H3,(H,17,18). The van der Waals surface area contributed by atoms with Crippen LogP contribution in [0.25, 0.3) is 0 Å². The molecule has 0 bridgehead atoms. The molecule has 1 rings (SSSR count). The van der Waals surface area contributed by atoms with Crippen molar-refractivity contribution in [3.63, 3.8) is 0 Å². The summed E-state index contributed by atoms with van der Waals surface area (Å²) in [5.41, 5.74) is 0.561. The maximum atomic E-state index is 11.7. The third kappa shape index (κ3) is 4.04. The Morgan fingerprint density at radius 3 is 2.50 bits per heavy atom. The monoisotopic (exact) mass is 252 g/mol. The van der Waals surface area contributed by atoms with Gasteiger partial charge in [0.1, 0.15) is 6.54 Å². The van der Waals surface area contributed by atoms with Crippen LogP contribution in [0.15, 0.2) is 18.5 Å². The number of nitrogens with zero attached hydrogens (tertiary/aromatic N) is 2. The van der Waals surface area contributed by atoms with Gasteiger partial charge in [-0.3, -0.25) is 14.4 Å². The molecule has 0 aliphatic heterocycles. The molecule has 0 saturated carbocycles. The SMILES string of the molecule is CN(CC(=O)O)C(=O)CCC(=O)c1ccn(C)c1. The number of aliphatic carboxylic acids is 1. The summed E-state index contributed by atoms with van der Waals surface area (Å²) in [4.78, 5) is 34.7. The van der Waals surface area contributed by atoms with E-state index >= 15 is 0 Å². The Hall–Kier alpha value is -2.11. The van der Waals surface area contributed by atoms with Crippen LogP contribution in [0.1, 0.15) is 23.2 Å². The van der Waals surface area contributed by atoms with Gasteiger partial charge in [-0.25, -0.2) is 0 Å². The lowest BCUT2D eigenvalue weighted by atomic mass is 10.1. The molecule has 1 aromatic heterocycles. The first-order chi connectivity index (χ1) is 8.40. The molecule has 0 aliphatic rings. The maximum absolute atomic E-state index is 11.7. The van der Waals surface area contributed by atoms with E-state index in [2.05, 4.69) is 0 Å². The predicted molar refractivity (Wildman–Crippen MR) is 64.3 cm³/mol. The number of rotatable bonds is 6. The molecular weight excluding hydrogens is 236 g/mol. The Kier molecular flexibility index (Phi) is 4.65. The Labute approximate surface area is 105 Å². The van der Waals surface area contributed by atoms with Gasteiger partial charge >= 0.3 is 5.97 Å². The number of carboxylic acid groups (broad SMARTS) is 1. The van der Waals surface area contributed by atoms with Crippen LogP contribution in [0, 0.1) is 0 Å². The number of carboxylic acids is 1. The quantitative estimate of drug-likeness (QED) is 0.749. The van der Waals surface area contributed by atoms with Gasteiger partial charge in [-0.05, 0) is 6.07 Å². The molecule has 6 nitrogen and oxygen atoms in total. The van der Waals surface area contributed by atoms with Gasteiger partial charge in [0.2, 0.25) is 5.91 Å². The third-order valence-electron chi connectivity index (χ3n) is 2.52. The number of aryl methyl sites for hydroxylation is 1. The Bertz CT molecular complexity index is 464. The average molecular weight is 252 g/mol. The molecular formula is C12H16N2O4. The minimum absolute atomic E-state index is 0.0253. The number of likely N-dealkylation sites (N-methyl/N-ethyl adjacent to an activating group) is 1. The van der Waals surface area contributed by atoms with E-state index in [1.807, 2.05) is 7.05 Å². The Morgan fingerprint density at radius 2 is 2.00 bits per heavy atom. The van der Waals surface area contributed by atoms with Crippen LogP contribution in [-0.2, 0) is 16.6 Å². The largest absolute Gasteiger partial charge is 0.480 e. The Morgan fingerprint density at radius 1 is 1.33 bits per heavy atom. The van der Waals surface area contributed by atoms with Crippen molar-refractivity contribution in [3.8, 4) is 0 Å². The number of aromatic nitrogens is 1. The van der Waals surface area contributed by atoms with Crippen LogP contribution in [-0.4, -0.2) is 45.8 Å². The lowest BCUT2D eigenvalue weighted by molar-refractivity contribution is -0.143. The van der Waals surface area contributed by atoms with E-state index in [1.165, 1.54) is 7.05 Å². The number of carbonyl (C=O) groups is 3. The first kappa shape index (κ1) is 14.0. The second-order valence-electron chi connectivity index (χ2n) is 4.13. The summed E-state index contributed by atoms with van der Waals surface area (Å²) >= 11 is 0. The predicted octanol–water partition coefficient (Wildman–Crippen LogP) is 0.531. The molecule has 0 unspecified atom stereocenters.